The summed E-state index contributed by atoms with van der Waals surface area (Å²) in [6.07, 6.45) is 0.775. The Bertz CT molecular complexity index is 1040. The lowest BCUT2D eigenvalue weighted by atomic mass is 10.1. The van der Waals surface area contributed by atoms with E-state index >= 15 is 0 Å². The van der Waals surface area contributed by atoms with Crippen molar-refractivity contribution in [3.05, 3.63) is 65.2 Å². The number of aryl methyl sites for hydroxylation is 2. The zero-order valence-corrected chi connectivity index (χ0v) is 18.5. The highest BCUT2D eigenvalue weighted by Gasteiger charge is 2.24. The first-order chi connectivity index (χ1) is 14.8. The third-order valence-electron chi connectivity index (χ3n) is 5.14. The Morgan fingerprint density at radius 3 is 2.58 bits per heavy atom. The molecule has 0 unspecified atom stereocenters. The van der Waals surface area contributed by atoms with Crippen molar-refractivity contribution < 1.29 is 18.0 Å². The van der Waals surface area contributed by atoms with Crippen LogP contribution in [-0.4, -0.2) is 51.4 Å². The van der Waals surface area contributed by atoms with Crippen LogP contribution in [0.3, 0.4) is 0 Å². The standard InChI is InChI=1S/C22H28N4O4S/c1-16-9-10-20(17(2)13-16)31(29,30)24-14-19(18-7-4-3-5-8-18)25-21(27)15-26-12-6-11-23-22(26)28/h3-5,7-10,13,19,24H,6,11-12,14-15H2,1-2H3,(H,23,28)(H,25,27)/t19-/m1/s1. The third kappa shape index (κ3) is 6.05. The van der Waals surface area contributed by atoms with Gasteiger partial charge >= 0.3 is 6.03 Å². The van der Waals surface area contributed by atoms with Crippen molar-refractivity contribution in [2.45, 2.75) is 31.2 Å². The monoisotopic (exact) mass is 444 g/mol. The Morgan fingerprint density at radius 1 is 1.16 bits per heavy atom. The predicted molar refractivity (Wildman–Crippen MR) is 118 cm³/mol. The van der Waals surface area contributed by atoms with E-state index in [4.69, 9.17) is 0 Å². The fraction of sp³-hybridized carbons (Fsp3) is 0.364. The van der Waals surface area contributed by atoms with Gasteiger partial charge in [0.1, 0.15) is 6.54 Å². The number of carbonyl (C=O) groups is 2. The first-order valence-electron chi connectivity index (χ1n) is 10.2. The Hall–Kier alpha value is -2.91. The van der Waals surface area contributed by atoms with E-state index in [0.29, 0.717) is 18.7 Å². The maximum absolute atomic E-state index is 12.9. The van der Waals surface area contributed by atoms with Crippen LogP contribution in [0.2, 0.25) is 0 Å². The molecule has 0 saturated carbocycles. The number of nitrogens with one attached hydrogen (secondary N) is 3. The van der Waals surface area contributed by atoms with E-state index < -0.39 is 16.1 Å². The summed E-state index contributed by atoms with van der Waals surface area (Å²) in [6, 6.07) is 13.4. The van der Waals surface area contributed by atoms with E-state index in [1.165, 1.54) is 4.90 Å². The molecule has 0 aliphatic carbocycles. The van der Waals surface area contributed by atoms with Crippen LogP contribution < -0.4 is 15.4 Å². The summed E-state index contributed by atoms with van der Waals surface area (Å²) in [5.74, 6) is -0.350. The number of benzene rings is 2. The van der Waals surface area contributed by atoms with Crippen molar-refractivity contribution >= 4 is 22.0 Å². The van der Waals surface area contributed by atoms with Crippen LogP contribution in [0.1, 0.15) is 29.2 Å². The molecule has 1 aliphatic heterocycles. The second kappa shape index (κ2) is 9.93. The van der Waals surface area contributed by atoms with Gasteiger partial charge in [0.15, 0.2) is 0 Å². The summed E-state index contributed by atoms with van der Waals surface area (Å²) < 4.78 is 28.3. The van der Waals surface area contributed by atoms with Crippen LogP contribution in [-0.2, 0) is 14.8 Å². The van der Waals surface area contributed by atoms with Gasteiger partial charge in [-0.2, -0.15) is 0 Å². The van der Waals surface area contributed by atoms with Crippen molar-refractivity contribution in [1.29, 1.82) is 0 Å². The maximum atomic E-state index is 12.9. The summed E-state index contributed by atoms with van der Waals surface area (Å²) in [6.45, 7) is 4.66. The zero-order valence-electron chi connectivity index (χ0n) is 17.7. The molecule has 1 atom stereocenters. The van der Waals surface area contributed by atoms with Gasteiger partial charge in [-0.15, -0.1) is 0 Å². The van der Waals surface area contributed by atoms with Gasteiger partial charge in [0.2, 0.25) is 15.9 Å². The van der Waals surface area contributed by atoms with Crippen LogP contribution >= 0.6 is 0 Å². The number of amides is 3. The van der Waals surface area contributed by atoms with E-state index in [0.717, 1.165) is 17.5 Å². The Labute approximate surface area is 183 Å². The minimum absolute atomic E-state index is 0.0163. The summed E-state index contributed by atoms with van der Waals surface area (Å²) in [5.41, 5.74) is 2.40. The Kier molecular flexibility index (Phi) is 7.29. The van der Waals surface area contributed by atoms with Crippen LogP contribution in [0.25, 0.3) is 0 Å². The van der Waals surface area contributed by atoms with Crippen LogP contribution in [0.4, 0.5) is 4.79 Å². The number of carbonyl (C=O) groups excluding carboxylic acids is 2. The lowest BCUT2D eigenvalue weighted by molar-refractivity contribution is -0.122. The quantitative estimate of drug-likeness (QED) is 0.578. The molecular weight excluding hydrogens is 416 g/mol. The van der Waals surface area contributed by atoms with Crippen molar-refractivity contribution in [3.8, 4) is 0 Å². The lowest BCUT2D eigenvalue weighted by Crippen LogP contribution is -2.51. The highest BCUT2D eigenvalue weighted by atomic mass is 32.2. The van der Waals surface area contributed by atoms with E-state index in [2.05, 4.69) is 15.4 Å². The molecule has 31 heavy (non-hydrogen) atoms. The minimum atomic E-state index is -3.76. The summed E-state index contributed by atoms with van der Waals surface area (Å²) in [7, 11) is -3.76. The molecule has 9 heteroatoms. The Balaban J connectivity index is 1.72. The van der Waals surface area contributed by atoms with Gasteiger partial charge in [-0.1, -0.05) is 48.0 Å². The van der Waals surface area contributed by atoms with Crippen LogP contribution in [0.15, 0.2) is 53.4 Å². The topological polar surface area (TPSA) is 108 Å². The van der Waals surface area contributed by atoms with Gasteiger partial charge in [0, 0.05) is 19.6 Å². The van der Waals surface area contributed by atoms with Crippen molar-refractivity contribution in [1.82, 2.24) is 20.3 Å². The molecular formula is C22H28N4O4S. The number of sulfonamides is 1. The van der Waals surface area contributed by atoms with E-state index in [1.54, 1.807) is 19.1 Å². The fourth-order valence-electron chi connectivity index (χ4n) is 3.55. The van der Waals surface area contributed by atoms with Gasteiger partial charge in [0.25, 0.3) is 0 Å². The second-order valence-corrected chi connectivity index (χ2v) is 9.39. The molecule has 3 amide bonds. The highest BCUT2D eigenvalue weighted by molar-refractivity contribution is 7.89. The van der Waals surface area contributed by atoms with Gasteiger partial charge in [-0.25, -0.2) is 17.9 Å². The van der Waals surface area contributed by atoms with Gasteiger partial charge < -0.3 is 15.5 Å². The molecule has 1 fully saturated rings. The largest absolute Gasteiger partial charge is 0.346 e. The molecule has 2 aromatic carbocycles. The molecule has 166 valence electrons. The minimum Gasteiger partial charge on any atom is -0.346 e. The second-order valence-electron chi connectivity index (χ2n) is 7.66. The molecule has 8 nitrogen and oxygen atoms in total. The zero-order chi connectivity index (χ0) is 22.4. The molecule has 0 aromatic heterocycles. The van der Waals surface area contributed by atoms with Gasteiger partial charge in [-0.05, 0) is 37.5 Å². The smallest absolute Gasteiger partial charge is 0.317 e. The molecule has 2 aromatic rings. The summed E-state index contributed by atoms with van der Waals surface area (Å²) in [4.78, 5) is 26.2. The van der Waals surface area contributed by atoms with Crippen LogP contribution in [0, 0.1) is 13.8 Å². The third-order valence-corrected chi connectivity index (χ3v) is 6.72. The average molecular weight is 445 g/mol. The first kappa shape index (κ1) is 22.8. The van der Waals surface area contributed by atoms with Gasteiger partial charge in [-0.3, -0.25) is 4.79 Å². The summed E-state index contributed by atoms with van der Waals surface area (Å²) in [5, 5.41) is 5.57. The number of rotatable bonds is 8. The van der Waals surface area contributed by atoms with E-state index in [-0.39, 0.29) is 29.9 Å². The number of hydrogen-bond acceptors (Lipinski definition) is 4. The van der Waals surface area contributed by atoms with Gasteiger partial charge in [0.05, 0.1) is 10.9 Å². The fourth-order valence-corrected chi connectivity index (χ4v) is 4.82. The molecule has 3 rings (SSSR count). The van der Waals surface area contributed by atoms with Crippen molar-refractivity contribution in [3.63, 3.8) is 0 Å². The molecule has 1 aliphatic rings. The summed E-state index contributed by atoms with van der Waals surface area (Å²) >= 11 is 0. The predicted octanol–water partition coefficient (Wildman–Crippen LogP) is 1.85. The molecule has 3 N–H and O–H groups in total. The van der Waals surface area contributed by atoms with Crippen molar-refractivity contribution in [2.24, 2.45) is 0 Å². The molecule has 1 saturated heterocycles. The molecule has 1 heterocycles. The van der Waals surface area contributed by atoms with Crippen LogP contribution in [0.5, 0.6) is 0 Å². The molecule has 0 spiro atoms. The Morgan fingerprint density at radius 2 is 1.90 bits per heavy atom. The number of nitrogens with zero attached hydrogens (tertiary/aromatic N) is 1. The number of hydrogen-bond donors (Lipinski definition) is 3. The SMILES string of the molecule is Cc1ccc(S(=O)(=O)NC[C@@H](NC(=O)CN2CCCNC2=O)c2ccccc2)c(C)c1. The first-order valence-corrected chi connectivity index (χ1v) is 11.7. The average Bonchev–Trinajstić information content (AvgIpc) is 2.73. The highest BCUT2D eigenvalue weighted by Crippen LogP contribution is 2.18. The molecule has 0 radical (unpaired) electrons. The normalized spacial score (nSPS) is 15.3. The number of urea groups is 1. The van der Waals surface area contributed by atoms with Crippen molar-refractivity contribution in [2.75, 3.05) is 26.2 Å². The van der Waals surface area contributed by atoms with E-state index in [9.17, 15) is 18.0 Å². The lowest BCUT2D eigenvalue weighted by Gasteiger charge is -2.28. The van der Waals surface area contributed by atoms with E-state index in [1.807, 2.05) is 43.3 Å². The molecule has 0 bridgehead atoms. The maximum Gasteiger partial charge on any atom is 0.317 e.